The largest absolute Gasteiger partial charge is 0.356 e. The lowest BCUT2D eigenvalue weighted by atomic mass is 10.0. The lowest BCUT2D eigenvalue weighted by Crippen LogP contribution is -2.31. The van der Waals surface area contributed by atoms with Crippen LogP contribution in [-0.4, -0.2) is 47.1 Å². The molecule has 1 aromatic rings. The van der Waals surface area contributed by atoms with Crippen molar-refractivity contribution in [1.29, 1.82) is 0 Å². The van der Waals surface area contributed by atoms with Gasteiger partial charge >= 0.3 is 0 Å². The molecule has 4 heteroatoms. The fourth-order valence-electron chi connectivity index (χ4n) is 4.55. The number of aromatic nitrogens is 2. The van der Waals surface area contributed by atoms with Crippen LogP contribution in [0, 0.1) is 11.8 Å². The summed E-state index contributed by atoms with van der Waals surface area (Å²) >= 11 is 0. The predicted molar refractivity (Wildman–Crippen MR) is 77.8 cm³/mol. The minimum atomic E-state index is 0.877. The van der Waals surface area contributed by atoms with Crippen LogP contribution in [0.1, 0.15) is 30.5 Å². The minimum Gasteiger partial charge on any atom is -0.356 e. The quantitative estimate of drug-likeness (QED) is 0.815. The van der Waals surface area contributed by atoms with Gasteiger partial charge in [-0.25, -0.2) is 9.97 Å². The van der Waals surface area contributed by atoms with E-state index in [2.05, 4.69) is 19.8 Å². The molecule has 4 nitrogen and oxygen atoms in total. The van der Waals surface area contributed by atoms with Crippen molar-refractivity contribution in [1.82, 2.24) is 14.9 Å². The highest BCUT2D eigenvalue weighted by Crippen LogP contribution is 2.40. The van der Waals surface area contributed by atoms with Gasteiger partial charge in [0.1, 0.15) is 12.1 Å². The first-order valence-corrected chi connectivity index (χ1v) is 8.20. The first-order chi connectivity index (χ1) is 9.88. The number of hydrogen-bond acceptors (Lipinski definition) is 4. The van der Waals surface area contributed by atoms with Gasteiger partial charge in [-0.05, 0) is 43.9 Å². The number of likely N-dealkylation sites (tertiary alicyclic amines) is 1. The minimum absolute atomic E-state index is 0.877. The number of anilines is 1. The van der Waals surface area contributed by atoms with Crippen molar-refractivity contribution in [2.45, 2.75) is 38.1 Å². The molecule has 0 amide bonds. The second-order valence-electron chi connectivity index (χ2n) is 7.09. The van der Waals surface area contributed by atoms with Gasteiger partial charge < -0.3 is 4.90 Å². The van der Waals surface area contributed by atoms with Crippen LogP contribution in [0.3, 0.4) is 0 Å². The van der Waals surface area contributed by atoms with E-state index < -0.39 is 0 Å². The molecule has 2 saturated heterocycles. The molecule has 5 rings (SSSR count). The highest BCUT2D eigenvalue weighted by Gasteiger charge is 2.45. The van der Waals surface area contributed by atoms with Gasteiger partial charge in [0, 0.05) is 43.5 Å². The maximum Gasteiger partial charge on any atom is 0.135 e. The molecule has 2 atom stereocenters. The lowest BCUT2D eigenvalue weighted by Gasteiger charge is -2.23. The molecule has 1 aromatic heterocycles. The summed E-state index contributed by atoms with van der Waals surface area (Å²) in [5.41, 5.74) is 2.76. The van der Waals surface area contributed by atoms with E-state index in [0.29, 0.717) is 0 Å². The molecular weight excluding hydrogens is 248 g/mol. The molecule has 3 fully saturated rings. The molecule has 1 saturated carbocycles. The van der Waals surface area contributed by atoms with Gasteiger partial charge in [0.25, 0.3) is 0 Å². The van der Waals surface area contributed by atoms with E-state index in [-0.39, 0.29) is 0 Å². The average molecular weight is 270 g/mol. The SMILES string of the molecule is c1nc2c(c(N3CC4CN(C5CC5)CC4C3)n1)CCC2. The van der Waals surface area contributed by atoms with Gasteiger partial charge in [-0.3, -0.25) is 4.90 Å². The van der Waals surface area contributed by atoms with Gasteiger partial charge in [-0.1, -0.05) is 0 Å². The van der Waals surface area contributed by atoms with Gasteiger partial charge in [0.2, 0.25) is 0 Å². The van der Waals surface area contributed by atoms with Crippen molar-refractivity contribution >= 4 is 5.82 Å². The lowest BCUT2D eigenvalue weighted by molar-refractivity contribution is 0.306. The number of nitrogens with zero attached hydrogens (tertiary/aromatic N) is 4. The van der Waals surface area contributed by atoms with Gasteiger partial charge in [-0.15, -0.1) is 0 Å². The van der Waals surface area contributed by atoms with Crippen molar-refractivity contribution in [3.63, 3.8) is 0 Å². The van der Waals surface area contributed by atoms with Gasteiger partial charge in [-0.2, -0.15) is 0 Å². The third-order valence-corrected chi connectivity index (χ3v) is 5.73. The smallest absolute Gasteiger partial charge is 0.135 e. The summed E-state index contributed by atoms with van der Waals surface area (Å²) in [5.74, 6) is 3.02. The Balaban J connectivity index is 1.36. The molecule has 0 aromatic carbocycles. The summed E-state index contributed by atoms with van der Waals surface area (Å²) in [4.78, 5) is 14.4. The third kappa shape index (κ3) is 1.70. The fraction of sp³-hybridized carbons (Fsp3) is 0.750. The van der Waals surface area contributed by atoms with E-state index in [1.807, 2.05) is 0 Å². The van der Waals surface area contributed by atoms with Gasteiger partial charge in [0.15, 0.2) is 0 Å². The molecule has 0 radical (unpaired) electrons. The van der Waals surface area contributed by atoms with Crippen LogP contribution >= 0.6 is 0 Å². The molecule has 0 N–H and O–H groups in total. The van der Waals surface area contributed by atoms with E-state index in [1.54, 1.807) is 6.33 Å². The third-order valence-electron chi connectivity index (χ3n) is 5.73. The maximum atomic E-state index is 4.63. The van der Waals surface area contributed by atoms with Crippen molar-refractivity contribution in [2.24, 2.45) is 11.8 Å². The maximum absolute atomic E-state index is 4.63. The highest BCUT2D eigenvalue weighted by molar-refractivity contribution is 5.51. The van der Waals surface area contributed by atoms with Crippen LogP contribution < -0.4 is 4.90 Å². The van der Waals surface area contributed by atoms with Crippen LogP contribution in [0.15, 0.2) is 6.33 Å². The molecule has 106 valence electrons. The first-order valence-electron chi connectivity index (χ1n) is 8.20. The normalized spacial score (nSPS) is 32.7. The summed E-state index contributed by atoms with van der Waals surface area (Å²) in [6.45, 7) is 5.10. The van der Waals surface area contributed by atoms with Crippen LogP contribution in [0.4, 0.5) is 5.82 Å². The zero-order chi connectivity index (χ0) is 13.1. The Hall–Kier alpha value is -1.16. The molecule has 0 spiro atoms. The van der Waals surface area contributed by atoms with Crippen molar-refractivity contribution in [2.75, 3.05) is 31.1 Å². The van der Waals surface area contributed by atoms with Crippen molar-refractivity contribution in [3.8, 4) is 0 Å². The first kappa shape index (κ1) is 11.5. The summed E-state index contributed by atoms with van der Waals surface area (Å²) in [6, 6.07) is 0.942. The Labute approximate surface area is 120 Å². The molecule has 2 aliphatic heterocycles. The Kier molecular flexibility index (Phi) is 2.40. The topological polar surface area (TPSA) is 32.3 Å². The number of aryl methyl sites for hydroxylation is 1. The number of rotatable bonds is 2. The summed E-state index contributed by atoms with van der Waals surface area (Å²) in [6.07, 6.45) is 8.28. The van der Waals surface area contributed by atoms with E-state index in [0.717, 1.165) is 24.3 Å². The van der Waals surface area contributed by atoms with Crippen LogP contribution in [-0.2, 0) is 12.8 Å². The fourth-order valence-corrected chi connectivity index (χ4v) is 4.55. The molecule has 3 heterocycles. The predicted octanol–water partition coefficient (Wildman–Crippen LogP) is 1.50. The zero-order valence-corrected chi connectivity index (χ0v) is 12.0. The molecular formula is C16H22N4. The summed E-state index contributed by atoms with van der Waals surface area (Å²) in [5, 5.41) is 0. The van der Waals surface area contributed by atoms with Gasteiger partial charge in [0.05, 0.1) is 0 Å². The van der Waals surface area contributed by atoms with Crippen LogP contribution in [0.5, 0.6) is 0 Å². The molecule has 0 bridgehead atoms. The second kappa shape index (κ2) is 4.17. The van der Waals surface area contributed by atoms with E-state index in [1.165, 1.54) is 68.9 Å². The van der Waals surface area contributed by atoms with E-state index in [9.17, 15) is 0 Å². The second-order valence-corrected chi connectivity index (χ2v) is 7.09. The van der Waals surface area contributed by atoms with Crippen LogP contribution in [0.2, 0.25) is 0 Å². The van der Waals surface area contributed by atoms with Crippen LogP contribution in [0.25, 0.3) is 0 Å². The Morgan fingerprint density at radius 2 is 1.75 bits per heavy atom. The molecule has 2 aliphatic carbocycles. The van der Waals surface area contributed by atoms with Crippen molar-refractivity contribution in [3.05, 3.63) is 17.6 Å². The molecule has 20 heavy (non-hydrogen) atoms. The molecule has 4 aliphatic rings. The highest BCUT2D eigenvalue weighted by atomic mass is 15.3. The van der Waals surface area contributed by atoms with Crippen molar-refractivity contribution < 1.29 is 0 Å². The van der Waals surface area contributed by atoms with E-state index in [4.69, 9.17) is 0 Å². The Bertz CT molecular complexity index is 525. The Morgan fingerprint density at radius 3 is 2.50 bits per heavy atom. The number of hydrogen-bond donors (Lipinski definition) is 0. The zero-order valence-electron chi connectivity index (χ0n) is 12.0. The van der Waals surface area contributed by atoms with E-state index >= 15 is 0 Å². The standard InChI is InChI=1S/C16H22N4/c1-2-14-15(3-1)17-10-18-16(14)20-8-11-6-19(13-4-5-13)7-12(11)9-20/h10-13H,1-9H2. The summed E-state index contributed by atoms with van der Waals surface area (Å²) in [7, 11) is 0. The summed E-state index contributed by atoms with van der Waals surface area (Å²) < 4.78 is 0. The number of fused-ring (bicyclic) bond motifs is 2. The monoisotopic (exact) mass is 270 g/mol. The Morgan fingerprint density at radius 1 is 0.950 bits per heavy atom. The molecule has 2 unspecified atom stereocenters. The average Bonchev–Trinajstić information content (AvgIpc) is 2.90.